The molecule has 0 aromatic heterocycles. The summed E-state index contributed by atoms with van der Waals surface area (Å²) < 4.78 is 7.99. The number of rotatable bonds is 5. The summed E-state index contributed by atoms with van der Waals surface area (Å²) >= 11 is 9.21. The molecule has 0 bridgehead atoms. The fourth-order valence-corrected chi connectivity index (χ4v) is 3.87. The minimum Gasteiger partial charge on any atom is -0.487 e. The number of hydrazone groups is 1. The summed E-state index contributed by atoms with van der Waals surface area (Å²) in [6.45, 7) is 0.545. The van der Waals surface area contributed by atoms with E-state index in [1.54, 1.807) is 6.21 Å². The van der Waals surface area contributed by atoms with Gasteiger partial charge in [0.05, 0.1) is 13.4 Å². The van der Waals surface area contributed by atoms with E-state index in [1.165, 1.54) is 0 Å². The zero-order chi connectivity index (χ0) is 15.9. The lowest BCUT2D eigenvalue weighted by molar-refractivity contribution is 0.302. The second-order valence-corrected chi connectivity index (χ2v) is 7.09. The Labute approximate surface area is 161 Å². The van der Waals surface area contributed by atoms with E-state index in [0.29, 0.717) is 6.61 Å². The third-order valence-corrected chi connectivity index (χ3v) is 4.33. The van der Waals surface area contributed by atoms with Crippen molar-refractivity contribution >= 4 is 68.7 Å². The molecule has 0 unspecified atom stereocenters. The van der Waals surface area contributed by atoms with Crippen LogP contribution < -0.4 is 15.9 Å². The highest BCUT2D eigenvalue weighted by molar-refractivity contribution is 14.1. The quantitative estimate of drug-likeness (QED) is 0.265. The van der Waals surface area contributed by atoms with Crippen molar-refractivity contribution in [2.24, 2.45) is 10.8 Å². The van der Waals surface area contributed by atoms with Gasteiger partial charge in [-0.15, -0.1) is 0 Å². The van der Waals surface area contributed by atoms with E-state index in [4.69, 9.17) is 22.7 Å². The van der Waals surface area contributed by atoms with Crippen LogP contribution in [0.25, 0.3) is 0 Å². The molecule has 114 valence electrons. The summed E-state index contributed by atoms with van der Waals surface area (Å²) in [4.78, 5) is 0. The average molecular weight is 537 g/mol. The van der Waals surface area contributed by atoms with Gasteiger partial charge in [-0.2, -0.15) is 5.10 Å². The van der Waals surface area contributed by atoms with E-state index in [2.05, 4.69) is 55.7 Å². The van der Waals surface area contributed by atoms with Gasteiger partial charge in [0, 0.05) is 0 Å². The van der Waals surface area contributed by atoms with E-state index >= 15 is 0 Å². The summed E-state index contributed by atoms with van der Waals surface area (Å²) in [6.07, 6.45) is 1.67. The predicted molar refractivity (Wildman–Crippen MR) is 110 cm³/mol. The van der Waals surface area contributed by atoms with E-state index in [9.17, 15) is 0 Å². The summed E-state index contributed by atoms with van der Waals surface area (Å²) in [5.74, 6) is 0.879. The Morgan fingerprint density at radius 3 is 2.45 bits per heavy atom. The SMILES string of the molecule is NC(=S)N/N=C\c1cc(I)c(OCc2ccccc2)c(I)c1. The number of hydrogen-bond donors (Lipinski definition) is 2. The first-order valence-electron chi connectivity index (χ1n) is 6.30. The van der Waals surface area contributed by atoms with Gasteiger partial charge >= 0.3 is 0 Å². The number of nitrogens with one attached hydrogen (secondary N) is 1. The second-order valence-electron chi connectivity index (χ2n) is 4.32. The number of thiocarbonyl (C=S) groups is 1. The van der Waals surface area contributed by atoms with Crippen LogP contribution in [0.15, 0.2) is 47.6 Å². The van der Waals surface area contributed by atoms with E-state index < -0.39 is 0 Å². The molecular formula is C15H13I2N3OS. The maximum atomic E-state index is 5.94. The first-order chi connectivity index (χ1) is 10.6. The van der Waals surface area contributed by atoms with Gasteiger partial charge in [-0.25, -0.2) is 0 Å². The Morgan fingerprint density at radius 1 is 1.23 bits per heavy atom. The van der Waals surface area contributed by atoms with Crippen LogP contribution in [0.3, 0.4) is 0 Å². The zero-order valence-corrected chi connectivity index (χ0v) is 16.6. The summed E-state index contributed by atoms with van der Waals surface area (Å²) in [5, 5.41) is 4.10. The van der Waals surface area contributed by atoms with Crippen LogP contribution in [0.2, 0.25) is 0 Å². The lowest BCUT2D eigenvalue weighted by Crippen LogP contribution is -2.24. The summed E-state index contributed by atoms with van der Waals surface area (Å²) in [5.41, 5.74) is 9.94. The van der Waals surface area contributed by atoms with Gasteiger partial charge in [0.2, 0.25) is 0 Å². The molecule has 22 heavy (non-hydrogen) atoms. The fourth-order valence-electron chi connectivity index (χ4n) is 1.69. The predicted octanol–water partition coefficient (Wildman–Crippen LogP) is 3.64. The highest BCUT2D eigenvalue weighted by atomic mass is 127. The standard InChI is InChI=1S/C15H13I2N3OS/c16-12-6-11(8-19-20-15(18)22)7-13(17)14(12)21-9-10-4-2-1-3-5-10/h1-8H,9H2,(H3,18,20,22)/b19-8-. The van der Waals surface area contributed by atoms with Crippen LogP contribution >= 0.6 is 57.4 Å². The van der Waals surface area contributed by atoms with Crippen molar-refractivity contribution in [1.29, 1.82) is 0 Å². The number of benzene rings is 2. The zero-order valence-electron chi connectivity index (χ0n) is 11.4. The van der Waals surface area contributed by atoms with Crippen LogP contribution in [-0.2, 0) is 6.61 Å². The number of halogens is 2. The lowest BCUT2D eigenvalue weighted by atomic mass is 10.2. The van der Waals surface area contributed by atoms with Crippen LogP contribution in [-0.4, -0.2) is 11.3 Å². The minimum atomic E-state index is 0.142. The third kappa shape index (κ3) is 5.36. The molecule has 0 aliphatic carbocycles. The lowest BCUT2D eigenvalue weighted by Gasteiger charge is -2.11. The molecule has 0 spiro atoms. The minimum absolute atomic E-state index is 0.142. The Kier molecular flexibility index (Phi) is 6.83. The number of hydrogen-bond acceptors (Lipinski definition) is 3. The summed E-state index contributed by atoms with van der Waals surface area (Å²) in [7, 11) is 0. The molecule has 0 aliphatic heterocycles. The molecule has 4 nitrogen and oxygen atoms in total. The van der Waals surface area contributed by atoms with Gasteiger partial charge in [0.1, 0.15) is 12.4 Å². The molecule has 0 aliphatic rings. The van der Waals surface area contributed by atoms with E-state index in [0.717, 1.165) is 24.0 Å². The average Bonchev–Trinajstić information content (AvgIpc) is 2.47. The molecular weight excluding hydrogens is 524 g/mol. The number of nitrogens with zero attached hydrogens (tertiary/aromatic N) is 1. The fraction of sp³-hybridized carbons (Fsp3) is 0.0667. The molecule has 7 heteroatoms. The van der Waals surface area contributed by atoms with Gasteiger partial charge in [0.25, 0.3) is 0 Å². The third-order valence-electron chi connectivity index (χ3n) is 2.63. The molecule has 0 radical (unpaired) electrons. The van der Waals surface area contributed by atoms with Crippen LogP contribution in [0.4, 0.5) is 0 Å². The van der Waals surface area contributed by atoms with Crippen LogP contribution in [0.1, 0.15) is 11.1 Å². The van der Waals surface area contributed by atoms with Gasteiger partial charge in [-0.3, -0.25) is 5.43 Å². The van der Waals surface area contributed by atoms with Gasteiger partial charge in [0.15, 0.2) is 5.11 Å². The van der Waals surface area contributed by atoms with E-state index in [-0.39, 0.29) is 5.11 Å². The largest absolute Gasteiger partial charge is 0.487 e. The molecule has 0 saturated heterocycles. The highest BCUT2D eigenvalue weighted by Gasteiger charge is 2.08. The monoisotopic (exact) mass is 537 g/mol. The van der Waals surface area contributed by atoms with Gasteiger partial charge in [-0.05, 0) is 80.7 Å². The van der Waals surface area contributed by atoms with Crippen molar-refractivity contribution < 1.29 is 4.74 Å². The van der Waals surface area contributed by atoms with Gasteiger partial charge < -0.3 is 10.5 Å². The molecule has 0 fully saturated rings. The smallest absolute Gasteiger partial charge is 0.184 e. The number of nitrogens with two attached hydrogens (primary N) is 1. The highest BCUT2D eigenvalue weighted by Crippen LogP contribution is 2.29. The number of ether oxygens (including phenoxy) is 1. The first kappa shape index (κ1) is 17.4. The Hall–Kier alpha value is -0.940. The Bertz CT molecular complexity index is 669. The maximum absolute atomic E-state index is 5.94. The Morgan fingerprint density at radius 2 is 1.86 bits per heavy atom. The van der Waals surface area contributed by atoms with E-state index in [1.807, 2.05) is 42.5 Å². The topological polar surface area (TPSA) is 59.6 Å². The van der Waals surface area contributed by atoms with Crippen molar-refractivity contribution in [3.05, 3.63) is 60.7 Å². The van der Waals surface area contributed by atoms with Gasteiger partial charge in [-0.1, -0.05) is 30.3 Å². The molecule has 0 atom stereocenters. The molecule has 2 aromatic carbocycles. The molecule has 2 rings (SSSR count). The molecule has 0 amide bonds. The second kappa shape index (κ2) is 8.63. The molecule has 0 heterocycles. The van der Waals surface area contributed by atoms with Crippen molar-refractivity contribution in [3.8, 4) is 5.75 Å². The molecule has 0 saturated carbocycles. The maximum Gasteiger partial charge on any atom is 0.184 e. The normalized spacial score (nSPS) is 10.6. The van der Waals surface area contributed by atoms with Crippen molar-refractivity contribution in [2.75, 3.05) is 0 Å². The van der Waals surface area contributed by atoms with Crippen molar-refractivity contribution in [3.63, 3.8) is 0 Å². The molecule has 3 N–H and O–H groups in total. The van der Waals surface area contributed by atoms with Crippen LogP contribution in [0.5, 0.6) is 5.75 Å². The van der Waals surface area contributed by atoms with Crippen molar-refractivity contribution in [1.82, 2.24) is 5.43 Å². The Balaban J connectivity index is 2.09. The van der Waals surface area contributed by atoms with Crippen molar-refractivity contribution in [2.45, 2.75) is 6.61 Å². The summed E-state index contributed by atoms with van der Waals surface area (Å²) in [6, 6.07) is 14.1. The first-order valence-corrected chi connectivity index (χ1v) is 8.87. The van der Waals surface area contributed by atoms with Crippen LogP contribution in [0, 0.1) is 7.14 Å². The molecule has 2 aromatic rings.